The van der Waals surface area contributed by atoms with Crippen LogP contribution >= 0.6 is 11.6 Å². The van der Waals surface area contributed by atoms with E-state index < -0.39 is 0 Å². The van der Waals surface area contributed by atoms with Gasteiger partial charge in [0.2, 0.25) is 5.96 Å². The second-order valence-electron chi connectivity index (χ2n) is 6.63. The zero-order chi connectivity index (χ0) is 22.2. The minimum atomic E-state index is -0.371. The van der Waals surface area contributed by atoms with Crippen molar-refractivity contribution in [2.24, 2.45) is 4.99 Å². The first kappa shape index (κ1) is 22.1. The predicted molar refractivity (Wildman–Crippen MR) is 122 cm³/mol. The molecule has 1 amide bonds. The number of aromatic nitrogens is 1. The summed E-state index contributed by atoms with van der Waals surface area (Å²) in [6, 6.07) is 16.0. The van der Waals surface area contributed by atoms with E-state index in [1.54, 1.807) is 36.5 Å². The monoisotopic (exact) mass is 438 g/mol. The number of aliphatic imine (C=N–C) groups is 1. The van der Waals surface area contributed by atoms with Gasteiger partial charge in [-0.05, 0) is 48.9 Å². The first-order chi connectivity index (χ1) is 15.0. The number of carbonyl (C=O) groups excluding carboxylic acids is 1. The number of benzene rings is 2. The molecule has 0 radical (unpaired) electrons. The van der Waals surface area contributed by atoms with Crippen molar-refractivity contribution in [3.63, 3.8) is 0 Å². The highest BCUT2D eigenvalue weighted by atomic mass is 35.5. The van der Waals surface area contributed by atoms with Crippen molar-refractivity contribution < 1.29 is 14.3 Å². The Bertz CT molecular complexity index is 1070. The highest BCUT2D eigenvalue weighted by Crippen LogP contribution is 2.23. The fourth-order valence-corrected chi connectivity index (χ4v) is 2.91. The molecule has 0 bridgehead atoms. The first-order valence-corrected chi connectivity index (χ1v) is 9.88. The molecule has 7 nitrogen and oxygen atoms in total. The third-order valence-corrected chi connectivity index (χ3v) is 4.66. The molecule has 2 aromatic carbocycles. The van der Waals surface area contributed by atoms with E-state index in [-0.39, 0.29) is 18.4 Å². The lowest BCUT2D eigenvalue weighted by Gasteiger charge is -2.15. The van der Waals surface area contributed by atoms with Gasteiger partial charge < -0.3 is 14.8 Å². The van der Waals surface area contributed by atoms with Crippen LogP contribution in [0.1, 0.15) is 21.6 Å². The minimum Gasteiger partial charge on any atom is -0.497 e. The van der Waals surface area contributed by atoms with Crippen LogP contribution in [-0.2, 0) is 6.54 Å². The van der Waals surface area contributed by atoms with Crippen LogP contribution in [-0.4, -0.2) is 31.1 Å². The van der Waals surface area contributed by atoms with Gasteiger partial charge >= 0.3 is 0 Å². The van der Waals surface area contributed by atoms with Crippen LogP contribution in [0.4, 0.5) is 5.69 Å². The van der Waals surface area contributed by atoms with Crippen molar-refractivity contribution in [1.82, 2.24) is 10.3 Å². The molecule has 0 aliphatic rings. The topological polar surface area (TPSA) is 84.8 Å². The molecule has 0 saturated heterocycles. The Morgan fingerprint density at radius 2 is 1.81 bits per heavy atom. The van der Waals surface area contributed by atoms with Crippen LogP contribution in [0.3, 0.4) is 0 Å². The van der Waals surface area contributed by atoms with Gasteiger partial charge in [-0.15, -0.1) is 0 Å². The molecule has 0 unspecified atom stereocenters. The zero-order valence-corrected chi connectivity index (χ0v) is 18.2. The standard InChI is InChI=1S/C23H23ClN4O3/c1-15-7-8-17(24)12-21(15)27-23(26-14-18-6-4-5-9-25-18)28-22(29)16-10-19(30-2)13-20(11-16)31-3/h4-13H,14H2,1-3H3,(H2,26,27,28,29). The van der Waals surface area contributed by atoms with Crippen LogP contribution in [0.2, 0.25) is 5.02 Å². The summed E-state index contributed by atoms with van der Waals surface area (Å²) in [5, 5.41) is 6.55. The SMILES string of the molecule is COc1cc(OC)cc(C(=O)NC(=NCc2ccccn2)Nc2cc(Cl)ccc2C)c1. The van der Waals surface area contributed by atoms with E-state index in [9.17, 15) is 4.79 Å². The van der Waals surface area contributed by atoms with E-state index in [1.165, 1.54) is 14.2 Å². The van der Waals surface area contributed by atoms with Gasteiger partial charge in [-0.1, -0.05) is 23.7 Å². The molecule has 0 aliphatic heterocycles. The van der Waals surface area contributed by atoms with Gasteiger partial charge in [0, 0.05) is 28.5 Å². The van der Waals surface area contributed by atoms with Gasteiger partial charge in [0.1, 0.15) is 11.5 Å². The molecule has 0 aliphatic carbocycles. The summed E-state index contributed by atoms with van der Waals surface area (Å²) >= 11 is 6.14. The number of anilines is 1. The summed E-state index contributed by atoms with van der Waals surface area (Å²) in [6.07, 6.45) is 1.69. The minimum absolute atomic E-state index is 0.266. The summed E-state index contributed by atoms with van der Waals surface area (Å²) in [5.74, 6) is 0.914. The van der Waals surface area contributed by atoms with E-state index in [4.69, 9.17) is 21.1 Å². The fraction of sp³-hybridized carbons (Fsp3) is 0.174. The second-order valence-corrected chi connectivity index (χ2v) is 7.06. The molecule has 160 valence electrons. The van der Waals surface area contributed by atoms with Gasteiger partial charge in [0.05, 0.1) is 26.5 Å². The van der Waals surface area contributed by atoms with E-state index in [1.807, 2.05) is 31.2 Å². The number of methoxy groups -OCH3 is 2. The largest absolute Gasteiger partial charge is 0.497 e. The van der Waals surface area contributed by atoms with Crippen molar-refractivity contribution >= 4 is 29.2 Å². The molecular weight excluding hydrogens is 416 g/mol. The molecule has 0 saturated carbocycles. The quantitative estimate of drug-likeness (QED) is 0.438. The molecule has 3 aromatic rings. The Kier molecular flexibility index (Phi) is 7.45. The lowest BCUT2D eigenvalue weighted by Crippen LogP contribution is -2.36. The summed E-state index contributed by atoms with van der Waals surface area (Å²) in [6.45, 7) is 2.22. The zero-order valence-electron chi connectivity index (χ0n) is 17.5. The van der Waals surface area contributed by atoms with E-state index in [0.29, 0.717) is 22.1 Å². The number of guanidine groups is 1. The molecule has 3 rings (SSSR count). The number of nitrogens with zero attached hydrogens (tertiary/aromatic N) is 2. The number of rotatable bonds is 6. The van der Waals surface area contributed by atoms with E-state index in [2.05, 4.69) is 20.6 Å². The number of carbonyl (C=O) groups is 1. The van der Waals surface area contributed by atoms with Crippen LogP contribution in [0.25, 0.3) is 0 Å². The smallest absolute Gasteiger partial charge is 0.258 e. The molecule has 2 N–H and O–H groups in total. The Labute approximate surface area is 186 Å². The maximum absolute atomic E-state index is 13.0. The molecule has 1 aromatic heterocycles. The van der Waals surface area contributed by atoms with Gasteiger partial charge in [0.25, 0.3) is 5.91 Å². The van der Waals surface area contributed by atoms with Gasteiger partial charge in [-0.2, -0.15) is 0 Å². The number of amides is 1. The summed E-state index contributed by atoms with van der Waals surface area (Å²) < 4.78 is 10.5. The number of hydrogen-bond acceptors (Lipinski definition) is 5. The molecule has 8 heteroatoms. The Balaban J connectivity index is 1.88. The molecule has 0 atom stereocenters. The number of pyridine rings is 1. The molecular formula is C23H23ClN4O3. The summed E-state index contributed by atoms with van der Waals surface area (Å²) in [4.78, 5) is 21.7. The summed E-state index contributed by atoms with van der Waals surface area (Å²) in [5.41, 5.74) is 2.82. The van der Waals surface area contributed by atoms with E-state index in [0.717, 1.165) is 16.9 Å². The van der Waals surface area contributed by atoms with Gasteiger partial charge in [-0.25, -0.2) is 4.99 Å². The first-order valence-electron chi connectivity index (χ1n) is 9.50. The Hall–Kier alpha value is -3.58. The van der Waals surface area contributed by atoms with Crippen molar-refractivity contribution in [1.29, 1.82) is 0 Å². The third kappa shape index (κ3) is 6.20. The number of ether oxygens (including phenoxy) is 2. The molecule has 0 fully saturated rings. The average Bonchev–Trinajstić information content (AvgIpc) is 2.80. The van der Waals surface area contributed by atoms with Crippen LogP contribution in [0, 0.1) is 6.92 Å². The average molecular weight is 439 g/mol. The van der Waals surface area contributed by atoms with Crippen LogP contribution < -0.4 is 20.1 Å². The number of aryl methyl sites for hydroxylation is 1. The molecule has 1 heterocycles. The lowest BCUT2D eigenvalue weighted by atomic mass is 10.2. The van der Waals surface area contributed by atoms with Crippen molar-refractivity contribution in [3.05, 3.63) is 82.6 Å². The Morgan fingerprint density at radius 1 is 1.06 bits per heavy atom. The number of halogens is 1. The molecule has 0 spiro atoms. The van der Waals surface area contributed by atoms with Crippen molar-refractivity contribution in [2.75, 3.05) is 19.5 Å². The lowest BCUT2D eigenvalue weighted by molar-refractivity contribution is 0.0976. The van der Waals surface area contributed by atoms with E-state index >= 15 is 0 Å². The maximum Gasteiger partial charge on any atom is 0.258 e. The number of nitrogens with one attached hydrogen (secondary N) is 2. The van der Waals surface area contributed by atoms with Gasteiger partial charge in [-0.3, -0.25) is 15.1 Å². The summed E-state index contributed by atoms with van der Waals surface area (Å²) in [7, 11) is 3.05. The predicted octanol–water partition coefficient (Wildman–Crippen LogP) is 4.46. The third-order valence-electron chi connectivity index (χ3n) is 4.42. The highest BCUT2D eigenvalue weighted by Gasteiger charge is 2.13. The highest BCUT2D eigenvalue weighted by molar-refractivity contribution is 6.31. The van der Waals surface area contributed by atoms with Gasteiger partial charge in [0.15, 0.2) is 0 Å². The molecule has 31 heavy (non-hydrogen) atoms. The van der Waals surface area contributed by atoms with Crippen molar-refractivity contribution in [3.8, 4) is 11.5 Å². The van der Waals surface area contributed by atoms with Crippen molar-refractivity contribution in [2.45, 2.75) is 13.5 Å². The Morgan fingerprint density at radius 3 is 2.45 bits per heavy atom. The number of hydrogen-bond donors (Lipinski definition) is 2. The fourth-order valence-electron chi connectivity index (χ4n) is 2.74. The normalized spacial score (nSPS) is 11.0. The van der Waals surface area contributed by atoms with Crippen LogP contribution in [0.5, 0.6) is 11.5 Å². The van der Waals surface area contributed by atoms with Crippen LogP contribution in [0.15, 0.2) is 65.8 Å². The maximum atomic E-state index is 13.0. The second kappa shape index (κ2) is 10.4.